The Hall–Kier alpha value is -4.97. The summed E-state index contributed by atoms with van der Waals surface area (Å²) in [6.07, 6.45) is 95.3. The van der Waals surface area contributed by atoms with Crippen LogP contribution in [0, 0.1) is 0 Å². The van der Waals surface area contributed by atoms with E-state index in [1.807, 2.05) is 0 Å². The molecule has 0 aliphatic heterocycles. The predicted octanol–water partition coefficient (Wildman–Crippen LogP) is 22.1. The average molecular weight is 1090 g/mol. The number of carbonyl (C=O) groups excluding carboxylic acids is 3. The third-order valence-electron chi connectivity index (χ3n) is 13.0. The van der Waals surface area contributed by atoms with Gasteiger partial charge < -0.3 is 14.2 Å². The van der Waals surface area contributed by atoms with E-state index in [-0.39, 0.29) is 37.5 Å². The molecule has 0 radical (unpaired) electrons. The van der Waals surface area contributed by atoms with Gasteiger partial charge in [-0.2, -0.15) is 0 Å². The first-order valence-electron chi connectivity index (χ1n) is 32.0. The lowest BCUT2D eigenvalue weighted by atomic mass is 10.0. The number of allylic oxidation sites excluding steroid dienone is 26. The van der Waals surface area contributed by atoms with Gasteiger partial charge in [0.2, 0.25) is 0 Å². The van der Waals surface area contributed by atoms with Gasteiger partial charge in [0, 0.05) is 19.3 Å². The van der Waals surface area contributed by atoms with Crippen molar-refractivity contribution >= 4 is 17.9 Å². The molecule has 0 aliphatic rings. The molecule has 0 aromatic rings. The average Bonchev–Trinajstić information content (AvgIpc) is 3.45. The lowest BCUT2D eigenvalue weighted by Gasteiger charge is -2.18. The number of carbonyl (C=O) groups is 3. The minimum absolute atomic E-state index is 0.106. The molecular weight excluding hydrogens is 973 g/mol. The Morgan fingerprint density at radius 3 is 0.797 bits per heavy atom. The summed E-state index contributed by atoms with van der Waals surface area (Å²) in [5.41, 5.74) is 0. The Morgan fingerprint density at radius 1 is 0.266 bits per heavy atom. The fourth-order valence-electron chi connectivity index (χ4n) is 8.31. The van der Waals surface area contributed by atoms with Gasteiger partial charge in [-0.05, 0) is 128 Å². The summed E-state index contributed by atoms with van der Waals surface area (Å²) < 4.78 is 16.9. The molecule has 0 N–H and O–H groups in total. The Kier molecular flexibility index (Phi) is 61.4. The van der Waals surface area contributed by atoms with Gasteiger partial charge in [0.15, 0.2) is 6.10 Å². The normalized spacial score (nSPS) is 13.2. The molecule has 6 nitrogen and oxygen atoms in total. The van der Waals surface area contributed by atoms with Crippen molar-refractivity contribution in [3.63, 3.8) is 0 Å². The summed E-state index contributed by atoms with van der Waals surface area (Å²) >= 11 is 0. The highest BCUT2D eigenvalue weighted by atomic mass is 16.6. The van der Waals surface area contributed by atoms with Crippen molar-refractivity contribution in [2.45, 2.75) is 271 Å². The fourth-order valence-corrected chi connectivity index (χ4v) is 8.31. The van der Waals surface area contributed by atoms with E-state index in [1.165, 1.54) is 64.2 Å². The maximum absolute atomic E-state index is 12.9. The summed E-state index contributed by atoms with van der Waals surface area (Å²) in [5.74, 6) is -0.972. The van der Waals surface area contributed by atoms with Crippen LogP contribution in [0.1, 0.15) is 265 Å². The lowest BCUT2D eigenvalue weighted by Crippen LogP contribution is -2.30. The summed E-state index contributed by atoms with van der Waals surface area (Å²) in [7, 11) is 0. The van der Waals surface area contributed by atoms with Crippen LogP contribution in [0.5, 0.6) is 0 Å². The van der Waals surface area contributed by atoms with E-state index in [1.54, 1.807) is 0 Å². The first kappa shape index (κ1) is 74.0. The molecule has 0 fully saturated rings. The number of hydrogen-bond acceptors (Lipinski definition) is 6. The Bertz CT molecular complexity index is 1780. The van der Waals surface area contributed by atoms with Crippen molar-refractivity contribution in [3.05, 3.63) is 158 Å². The monoisotopic (exact) mass is 1090 g/mol. The molecule has 79 heavy (non-hydrogen) atoms. The third-order valence-corrected chi connectivity index (χ3v) is 13.0. The second-order valence-electron chi connectivity index (χ2n) is 20.6. The van der Waals surface area contributed by atoms with E-state index in [0.717, 1.165) is 154 Å². The van der Waals surface area contributed by atoms with Crippen LogP contribution in [0.15, 0.2) is 158 Å². The van der Waals surface area contributed by atoms with E-state index in [4.69, 9.17) is 14.2 Å². The number of esters is 3. The third kappa shape index (κ3) is 63.7. The smallest absolute Gasteiger partial charge is 0.306 e. The van der Waals surface area contributed by atoms with E-state index >= 15 is 0 Å². The molecule has 1 atom stereocenters. The molecule has 0 amide bonds. The molecule has 0 spiro atoms. The molecule has 0 heterocycles. The Labute approximate surface area is 486 Å². The quantitative estimate of drug-likeness (QED) is 0.0261. The summed E-state index contributed by atoms with van der Waals surface area (Å²) in [5, 5.41) is 0. The highest BCUT2D eigenvalue weighted by molar-refractivity contribution is 5.71. The fraction of sp³-hybridized carbons (Fsp3) is 0.603. The van der Waals surface area contributed by atoms with E-state index in [0.29, 0.717) is 19.3 Å². The van der Waals surface area contributed by atoms with Crippen LogP contribution in [0.25, 0.3) is 0 Å². The van der Waals surface area contributed by atoms with Gasteiger partial charge in [-0.3, -0.25) is 14.4 Å². The molecule has 0 saturated carbocycles. The van der Waals surface area contributed by atoms with Crippen LogP contribution in [0.4, 0.5) is 0 Å². The van der Waals surface area contributed by atoms with Gasteiger partial charge >= 0.3 is 17.9 Å². The lowest BCUT2D eigenvalue weighted by molar-refractivity contribution is -0.167. The number of hydrogen-bond donors (Lipinski definition) is 0. The van der Waals surface area contributed by atoms with Gasteiger partial charge in [-0.25, -0.2) is 0 Å². The summed E-state index contributed by atoms with van der Waals surface area (Å²) in [6, 6.07) is 0. The largest absolute Gasteiger partial charge is 0.462 e. The molecule has 0 rings (SSSR count). The summed E-state index contributed by atoms with van der Waals surface area (Å²) in [4.78, 5) is 38.3. The molecule has 0 bridgehead atoms. The number of rotatable bonds is 56. The van der Waals surface area contributed by atoms with Gasteiger partial charge in [0.1, 0.15) is 13.2 Å². The van der Waals surface area contributed by atoms with E-state index in [2.05, 4.69) is 179 Å². The van der Waals surface area contributed by atoms with Gasteiger partial charge in [-0.1, -0.05) is 275 Å². The van der Waals surface area contributed by atoms with Crippen molar-refractivity contribution in [2.75, 3.05) is 13.2 Å². The summed E-state index contributed by atoms with van der Waals surface area (Å²) in [6.45, 7) is 6.36. The van der Waals surface area contributed by atoms with E-state index in [9.17, 15) is 14.4 Å². The Balaban J connectivity index is 4.48. The molecule has 444 valence electrons. The van der Waals surface area contributed by atoms with Crippen LogP contribution >= 0.6 is 0 Å². The second-order valence-corrected chi connectivity index (χ2v) is 20.6. The maximum atomic E-state index is 12.9. The number of unbranched alkanes of at least 4 members (excludes halogenated alkanes) is 19. The van der Waals surface area contributed by atoms with Crippen LogP contribution in [0.2, 0.25) is 0 Å². The zero-order valence-electron chi connectivity index (χ0n) is 50.8. The molecular formula is C73H116O6. The van der Waals surface area contributed by atoms with Crippen LogP contribution < -0.4 is 0 Å². The van der Waals surface area contributed by atoms with Crippen LogP contribution in [-0.4, -0.2) is 37.2 Å². The highest BCUT2D eigenvalue weighted by Crippen LogP contribution is 2.15. The van der Waals surface area contributed by atoms with Crippen LogP contribution in [-0.2, 0) is 28.6 Å². The molecule has 0 aromatic heterocycles. The zero-order valence-corrected chi connectivity index (χ0v) is 50.8. The van der Waals surface area contributed by atoms with Crippen LogP contribution in [0.3, 0.4) is 0 Å². The van der Waals surface area contributed by atoms with E-state index < -0.39 is 6.10 Å². The molecule has 0 aliphatic carbocycles. The predicted molar refractivity (Wildman–Crippen MR) is 343 cm³/mol. The first-order chi connectivity index (χ1) is 39.0. The SMILES string of the molecule is CC/C=C\C/C=C\C/C=C\C/C=C\C/C=C\C/C=C\C/C=C\CCCCCCCC(=O)OCC(COC(=O)CCCCCCCCCCCCCCC)OC(=O)CCCC/C=C\C/C=C\C/C=C\C/C=C\C/C=C\C/C=C\CC. The highest BCUT2D eigenvalue weighted by Gasteiger charge is 2.19. The minimum Gasteiger partial charge on any atom is -0.462 e. The number of ether oxygens (including phenoxy) is 3. The van der Waals surface area contributed by atoms with Gasteiger partial charge in [0.25, 0.3) is 0 Å². The van der Waals surface area contributed by atoms with Gasteiger partial charge in [0.05, 0.1) is 0 Å². The minimum atomic E-state index is -0.817. The molecule has 6 heteroatoms. The molecule has 0 aromatic carbocycles. The molecule has 0 saturated heterocycles. The van der Waals surface area contributed by atoms with Crippen molar-refractivity contribution < 1.29 is 28.6 Å². The second kappa shape index (κ2) is 65.5. The first-order valence-corrected chi connectivity index (χ1v) is 32.0. The van der Waals surface area contributed by atoms with Crippen molar-refractivity contribution in [1.29, 1.82) is 0 Å². The maximum Gasteiger partial charge on any atom is 0.306 e. The Morgan fingerprint density at radius 2 is 0.494 bits per heavy atom. The molecule has 1 unspecified atom stereocenters. The van der Waals surface area contributed by atoms with Crippen molar-refractivity contribution in [2.24, 2.45) is 0 Å². The topological polar surface area (TPSA) is 78.9 Å². The van der Waals surface area contributed by atoms with Crippen molar-refractivity contribution in [1.82, 2.24) is 0 Å². The zero-order chi connectivity index (χ0) is 57.1. The standard InChI is InChI=1S/C73H116O6/c1-4-7-10-13-16-19-22-25-27-29-31-33-34-35-36-37-38-40-41-43-45-48-51-54-57-60-63-66-72(75)78-69-70(68-77-71(74)65-62-59-56-53-50-47-24-21-18-15-12-9-6-3)79-73(76)67-64-61-58-55-52-49-46-44-42-39-32-30-28-26-23-20-17-14-11-8-5-2/h7-8,10-11,16-17,19-20,25-28,31-33,35-36,38-40,43-46,52,55,70H,4-6,9,12-15,18,21-24,29-30,34,37,41-42,47-51,53-54,56-69H2,1-3H3/b10-7-,11-8-,19-16-,20-17-,27-25-,28-26-,33-31-,36-35-,39-32-,40-38-,45-43-,46-44-,55-52-. The van der Waals surface area contributed by atoms with Gasteiger partial charge in [-0.15, -0.1) is 0 Å². The van der Waals surface area contributed by atoms with Crippen molar-refractivity contribution in [3.8, 4) is 0 Å².